The van der Waals surface area contributed by atoms with Gasteiger partial charge >= 0.3 is 0 Å². The zero-order valence-electron chi connectivity index (χ0n) is 12.9. The van der Waals surface area contributed by atoms with Gasteiger partial charge in [0.2, 0.25) is 11.8 Å². The Kier molecular flexibility index (Phi) is 6.59. The summed E-state index contributed by atoms with van der Waals surface area (Å²) in [6.07, 6.45) is 2.85. The van der Waals surface area contributed by atoms with Crippen molar-refractivity contribution in [1.29, 1.82) is 0 Å². The first-order valence-electron chi connectivity index (χ1n) is 7.64. The number of carbonyl (C=O) groups is 3. The van der Waals surface area contributed by atoms with Crippen molar-refractivity contribution < 1.29 is 14.4 Å². The Labute approximate surface area is 147 Å². The maximum atomic E-state index is 12.2. The molecular weight excluding hydrogens is 382 g/mol. The lowest BCUT2D eigenvalue weighted by Gasteiger charge is -2.32. The monoisotopic (exact) mass is 401 g/mol. The van der Waals surface area contributed by atoms with Crippen molar-refractivity contribution in [3.63, 3.8) is 0 Å². The van der Waals surface area contributed by atoms with E-state index in [0.29, 0.717) is 24.4 Å². The normalized spacial score (nSPS) is 17.7. The SMILES string of the molecule is CCCC(=O)N1CCCC(C(=O)NNC(=O)c2ccc(Br)s2)C1. The Bertz CT molecular complexity index is 590. The van der Waals surface area contributed by atoms with Gasteiger partial charge < -0.3 is 4.90 Å². The smallest absolute Gasteiger partial charge is 0.279 e. The molecule has 1 aliphatic heterocycles. The number of carbonyl (C=O) groups excluding carboxylic acids is 3. The number of hydrogen-bond donors (Lipinski definition) is 2. The van der Waals surface area contributed by atoms with Crippen molar-refractivity contribution in [2.75, 3.05) is 13.1 Å². The van der Waals surface area contributed by atoms with E-state index in [9.17, 15) is 14.4 Å². The van der Waals surface area contributed by atoms with Crippen LogP contribution in [0.5, 0.6) is 0 Å². The number of piperidine rings is 1. The van der Waals surface area contributed by atoms with Gasteiger partial charge in [-0.2, -0.15) is 0 Å². The minimum atomic E-state index is -0.344. The van der Waals surface area contributed by atoms with Crippen LogP contribution in [0.4, 0.5) is 0 Å². The van der Waals surface area contributed by atoms with E-state index in [1.807, 2.05) is 6.92 Å². The molecule has 0 spiro atoms. The van der Waals surface area contributed by atoms with E-state index in [2.05, 4.69) is 26.8 Å². The van der Waals surface area contributed by atoms with Gasteiger partial charge in [-0.1, -0.05) is 6.92 Å². The largest absolute Gasteiger partial charge is 0.342 e. The van der Waals surface area contributed by atoms with Crippen LogP contribution in [-0.4, -0.2) is 35.7 Å². The Morgan fingerprint density at radius 1 is 1.35 bits per heavy atom. The minimum absolute atomic E-state index is 0.0949. The Morgan fingerprint density at radius 2 is 2.13 bits per heavy atom. The van der Waals surface area contributed by atoms with Gasteiger partial charge in [0.15, 0.2) is 0 Å². The third kappa shape index (κ3) is 5.04. The summed E-state index contributed by atoms with van der Waals surface area (Å²) in [6.45, 7) is 3.09. The number of nitrogens with zero attached hydrogens (tertiary/aromatic N) is 1. The maximum Gasteiger partial charge on any atom is 0.279 e. The molecule has 6 nitrogen and oxygen atoms in total. The number of thiophene rings is 1. The van der Waals surface area contributed by atoms with E-state index in [1.165, 1.54) is 11.3 Å². The molecule has 3 amide bonds. The van der Waals surface area contributed by atoms with E-state index < -0.39 is 0 Å². The molecule has 23 heavy (non-hydrogen) atoms. The quantitative estimate of drug-likeness (QED) is 0.759. The number of hydrogen-bond acceptors (Lipinski definition) is 4. The highest BCUT2D eigenvalue weighted by Crippen LogP contribution is 2.22. The first-order chi connectivity index (χ1) is 11.0. The predicted molar refractivity (Wildman–Crippen MR) is 91.8 cm³/mol. The van der Waals surface area contributed by atoms with Gasteiger partial charge in [-0.25, -0.2) is 0 Å². The molecule has 0 bridgehead atoms. The number of nitrogens with one attached hydrogen (secondary N) is 2. The summed E-state index contributed by atoms with van der Waals surface area (Å²) in [6, 6.07) is 3.46. The molecule has 1 unspecified atom stereocenters. The number of hydrazine groups is 1. The van der Waals surface area contributed by atoms with Crippen molar-refractivity contribution in [3.05, 3.63) is 20.8 Å². The molecule has 0 radical (unpaired) electrons. The van der Waals surface area contributed by atoms with Gasteiger partial charge in [0, 0.05) is 19.5 Å². The van der Waals surface area contributed by atoms with E-state index in [1.54, 1.807) is 17.0 Å². The van der Waals surface area contributed by atoms with Crippen LogP contribution in [0, 0.1) is 5.92 Å². The van der Waals surface area contributed by atoms with Crippen LogP contribution in [-0.2, 0) is 9.59 Å². The van der Waals surface area contributed by atoms with Crippen molar-refractivity contribution in [1.82, 2.24) is 15.8 Å². The van der Waals surface area contributed by atoms with Gasteiger partial charge in [0.25, 0.3) is 5.91 Å². The molecule has 1 saturated heterocycles. The molecule has 0 saturated carbocycles. The molecule has 0 aromatic carbocycles. The van der Waals surface area contributed by atoms with Crippen molar-refractivity contribution in [2.45, 2.75) is 32.6 Å². The summed E-state index contributed by atoms with van der Waals surface area (Å²) in [5, 5.41) is 0. The fourth-order valence-corrected chi connectivity index (χ4v) is 3.79. The first-order valence-corrected chi connectivity index (χ1v) is 9.25. The zero-order chi connectivity index (χ0) is 16.8. The molecule has 2 rings (SSSR count). The summed E-state index contributed by atoms with van der Waals surface area (Å²) in [7, 11) is 0. The summed E-state index contributed by atoms with van der Waals surface area (Å²) in [5.74, 6) is -0.774. The van der Waals surface area contributed by atoms with Gasteiger partial charge in [0.1, 0.15) is 0 Å². The Hall–Kier alpha value is -1.41. The topological polar surface area (TPSA) is 78.5 Å². The molecule has 1 atom stereocenters. The highest BCUT2D eigenvalue weighted by molar-refractivity contribution is 9.11. The third-order valence-electron chi connectivity index (χ3n) is 3.70. The van der Waals surface area contributed by atoms with E-state index in [-0.39, 0.29) is 23.6 Å². The van der Waals surface area contributed by atoms with Crippen molar-refractivity contribution >= 4 is 45.0 Å². The summed E-state index contributed by atoms with van der Waals surface area (Å²) in [4.78, 5) is 38.3. The van der Waals surface area contributed by atoms with Crippen LogP contribution in [0.3, 0.4) is 0 Å². The molecule has 2 N–H and O–H groups in total. The van der Waals surface area contributed by atoms with Crippen LogP contribution >= 0.6 is 27.3 Å². The average Bonchev–Trinajstić information content (AvgIpc) is 2.99. The third-order valence-corrected chi connectivity index (χ3v) is 5.33. The second-order valence-corrected chi connectivity index (χ2v) is 7.94. The van der Waals surface area contributed by atoms with Crippen LogP contribution in [0.25, 0.3) is 0 Å². The molecule has 2 heterocycles. The molecule has 1 aliphatic rings. The van der Waals surface area contributed by atoms with Crippen LogP contribution < -0.4 is 10.9 Å². The van der Waals surface area contributed by atoms with Gasteiger partial charge in [-0.15, -0.1) is 11.3 Å². The summed E-state index contributed by atoms with van der Waals surface area (Å²) in [5.41, 5.74) is 4.89. The summed E-state index contributed by atoms with van der Waals surface area (Å²) < 4.78 is 0.853. The number of halogens is 1. The first kappa shape index (κ1) is 17.9. The lowest BCUT2D eigenvalue weighted by Crippen LogP contribution is -2.49. The highest BCUT2D eigenvalue weighted by atomic mass is 79.9. The lowest BCUT2D eigenvalue weighted by atomic mass is 9.97. The lowest BCUT2D eigenvalue weighted by molar-refractivity contribution is -0.136. The standard InChI is InChI=1S/C15H20BrN3O3S/c1-2-4-13(20)19-8-3-5-10(9-19)14(21)17-18-15(22)11-6-7-12(16)23-11/h6-7,10H,2-5,8-9H2,1H3,(H,17,21)(H,18,22). The van der Waals surface area contributed by atoms with E-state index in [0.717, 1.165) is 23.0 Å². The molecule has 1 fully saturated rings. The maximum absolute atomic E-state index is 12.2. The molecule has 1 aromatic rings. The molecule has 0 aliphatic carbocycles. The number of rotatable bonds is 4. The average molecular weight is 402 g/mol. The van der Waals surface area contributed by atoms with Crippen LogP contribution in [0.2, 0.25) is 0 Å². The van der Waals surface area contributed by atoms with E-state index >= 15 is 0 Å². The Balaban J connectivity index is 1.83. The molecule has 8 heteroatoms. The number of likely N-dealkylation sites (tertiary alicyclic amines) is 1. The highest BCUT2D eigenvalue weighted by Gasteiger charge is 2.28. The predicted octanol–water partition coefficient (Wildman–Crippen LogP) is 2.31. The van der Waals surface area contributed by atoms with E-state index in [4.69, 9.17) is 0 Å². The van der Waals surface area contributed by atoms with Gasteiger partial charge in [-0.3, -0.25) is 25.2 Å². The van der Waals surface area contributed by atoms with Crippen LogP contribution in [0.15, 0.2) is 15.9 Å². The Morgan fingerprint density at radius 3 is 2.78 bits per heavy atom. The van der Waals surface area contributed by atoms with Gasteiger partial charge in [-0.05, 0) is 47.3 Å². The number of amides is 3. The minimum Gasteiger partial charge on any atom is -0.342 e. The second kappa shape index (κ2) is 8.44. The molecule has 1 aromatic heterocycles. The van der Waals surface area contributed by atoms with Crippen molar-refractivity contribution in [3.8, 4) is 0 Å². The molecule has 126 valence electrons. The second-order valence-electron chi connectivity index (χ2n) is 5.48. The molecular formula is C15H20BrN3O3S. The fraction of sp³-hybridized carbons (Fsp3) is 0.533. The zero-order valence-corrected chi connectivity index (χ0v) is 15.3. The van der Waals surface area contributed by atoms with Crippen molar-refractivity contribution in [2.24, 2.45) is 5.92 Å². The van der Waals surface area contributed by atoms with Gasteiger partial charge in [0.05, 0.1) is 14.6 Å². The van der Waals surface area contributed by atoms with Crippen LogP contribution in [0.1, 0.15) is 42.3 Å². The fourth-order valence-electron chi connectivity index (χ4n) is 2.51. The summed E-state index contributed by atoms with van der Waals surface area (Å²) >= 11 is 4.58.